The fourth-order valence-corrected chi connectivity index (χ4v) is 1.19. The summed E-state index contributed by atoms with van der Waals surface area (Å²) < 4.78 is 9.64. The average Bonchev–Trinajstić information content (AvgIpc) is 2.41. The maximum Gasteiger partial charge on any atom is 0.201 e. The molecule has 0 heterocycles. The Morgan fingerprint density at radius 3 is 1.25 bits per heavy atom. The van der Waals surface area contributed by atoms with Gasteiger partial charge in [-0.2, -0.15) is 0 Å². The lowest BCUT2D eigenvalue weighted by atomic mass is 10.2. The Bertz CT molecular complexity index is 411. The predicted octanol–water partition coefficient (Wildman–Crippen LogP) is 2.32. The lowest BCUT2D eigenvalue weighted by molar-refractivity contribution is 0.902. The second-order valence-electron chi connectivity index (χ2n) is 2.98. The fourth-order valence-electron chi connectivity index (χ4n) is 1.19. The minimum Gasteiger partial charge on any atom is -0.327 e. The molecule has 2 aromatic carbocycles. The quantitative estimate of drug-likeness (QED) is 0.369. The molecular formula is C14H13FSi. The highest BCUT2D eigenvalue weighted by molar-refractivity contribution is 5.96. The summed E-state index contributed by atoms with van der Waals surface area (Å²) in [6.07, 6.45) is 0. The molecule has 0 aromatic heterocycles. The zero-order valence-corrected chi connectivity index (χ0v) is 11.2. The first-order chi connectivity index (χ1) is 7.95. The molecule has 0 atom stereocenters. The summed E-state index contributed by atoms with van der Waals surface area (Å²) in [6.45, 7) is 0. The van der Waals surface area contributed by atoms with Gasteiger partial charge in [0.1, 0.15) is 0 Å². The Labute approximate surface area is 98.7 Å². The van der Waals surface area contributed by atoms with Gasteiger partial charge in [-0.1, -0.05) is 48.2 Å². The molecule has 0 aliphatic rings. The Morgan fingerprint density at radius 1 is 0.625 bits per heavy atom. The van der Waals surface area contributed by atoms with Crippen LogP contribution in [0.2, 0.25) is 0 Å². The largest absolute Gasteiger partial charge is 0.327 e. The van der Waals surface area contributed by atoms with Crippen molar-refractivity contribution in [2.24, 2.45) is 0 Å². The van der Waals surface area contributed by atoms with Crippen LogP contribution in [-0.2, 0) is 0 Å². The summed E-state index contributed by atoms with van der Waals surface area (Å²) in [4.78, 5) is 0. The zero-order valence-electron chi connectivity index (χ0n) is 9.15. The van der Waals surface area contributed by atoms with Crippen molar-refractivity contribution in [1.29, 1.82) is 0 Å². The first-order valence-electron chi connectivity index (χ1n) is 4.95. The van der Waals surface area contributed by atoms with Gasteiger partial charge in [-0.3, -0.25) is 0 Å². The smallest absolute Gasteiger partial charge is 0.201 e. The van der Waals surface area contributed by atoms with Gasteiger partial charge in [0.25, 0.3) is 0 Å². The van der Waals surface area contributed by atoms with Crippen LogP contribution in [0.3, 0.4) is 0 Å². The van der Waals surface area contributed by atoms with Crippen molar-refractivity contribution in [3.8, 4) is 11.8 Å². The highest BCUT2D eigenvalue weighted by atomic mass is 28.2. The van der Waals surface area contributed by atoms with E-state index in [0.29, 0.717) is 0 Å². The number of halogens is 1. The molecule has 0 unspecified atom stereocenters. The summed E-state index contributed by atoms with van der Waals surface area (Å²) in [7, 11) is -0.194. The second kappa shape index (κ2) is 7.44. The van der Waals surface area contributed by atoms with Crippen LogP contribution in [0.1, 0.15) is 11.1 Å². The van der Waals surface area contributed by atoms with Crippen molar-refractivity contribution < 1.29 is 4.11 Å². The van der Waals surface area contributed by atoms with Crippen molar-refractivity contribution in [3.05, 3.63) is 71.8 Å². The molecule has 2 heteroatoms. The van der Waals surface area contributed by atoms with Gasteiger partial charge in [-0.25, -0.2) is 0 Å². The zero-order chi connectivity index (χ0) is 11.6. The second-order valence-corrected chi connectivity index (χ2v) is 2.98. The Balaban J connectivity index is 0.000000606. The van der Waals surface area contributed by atoms with E-state index >= 15 is 0 Å². The van der Waals surface area contributed by atoms with E-state index in [4.69, 9.17) is 0 Å². The van der Waals surface area contributed by atoms with Crippen LogP contribution in [0.4, 0.5) is 4.11 Å². The average molecular weight is 228 g/mol. The Morgan fingerprint density at radius 2 is 0.938 bits per heavy atom. The fraction of sp³-hybridized carbons (Fsp3) is 0. The number of hydrogen-bond donors (Lipinski definition) is 0. The Kier molecular flexibility index (Phi) is 5.68. The molecule has 2 rings (SSSR count). The van der Waals surface area contributed by atoms with E-state index in [1.807, 2.05) is 60.7 Å². The topological polar surface area (TPSA) is 0 Å². The lowest BCUT2D eigenvalue weighted by Gasteiger charge is -1.88. The van der Waals surface area contributed by atoms with Crippen LogP contribution in [0.25, 0.3) is 0 Å². The maximum absolute atomic E-state index is 9.64. The maximum atomic E-state index is 9.64. The van der Waals surface area contributed by atoms with E-state index in [1.54, 1.807) is 0 Å². The Hall–Kier alpha value is -1.85. The van der Waals surface area contributed by atoms with E-state index in [1.165, 1.54) is 0 Å². The third-order valence-electron chi connectivity index (χ3n) is 1.90. The normalized spacial score (nSPS) is 8.31. The summed E-state index contributed by atoms with van der Waals surface area (Å²) in [6, 6.07) is 20.0. The third kappa shape index (κ3) is 4.12. The van der Waals surface area contributed by atoms with E-state index in [2.05, 4.69) is 11.8 Å². The van der Waals surface area contributed by atoms with Gasteiger partial charge in [-0.05, 0) is 24.3 Å². The van der Waals surface area contributed by atoms with Crippen molar-refractivity contribution in [3.63, 3.8) is 0 Å². The van der Waals surface area contributed by atoms with Gasteiger partial charge >= 0.3 is 0 Å². The van der Waals surface area contributed by atoms with Crippen LogP contribution in [0, 0.1) is 11.8 Å². The number of rotatable bonds is 0. The van der Waals surface area contributed by atoms with Gasteiger partial charge in [-0.15, -0.1) is 0 Å². The molecule has 0 aliphatic heterocycles. The van der Waals surface area contributed by atoms with Gasteiger partial charge in [0.05, 0.1) is 0 Å². The first kappa shape index (κ1) is 12.2. The molecule has 0 fully saturated rings. The SMILES string of the molecule is C(#Cc1ccccc1)c1ccccc1.F[SiH3]. The van der Waals surface area contributed by atoms with E-state index in [-0.39, 0.29) is 10.6 Å². The van der Waals surface area contributed by atoms with Crippen LogP contribution < -0.4 is 0 Å². The van der Waals surface area contributed by atoms with Crippen LogP contribution in [-0.4, -0.2) is 10.6 Å². The van der Waals surface area contributed by atoms with Crippen LogP contribution in [0.5, 0.6) is 0 Å². The van der Waals surface area contributed by atoms with Gasteiger partial charge in [0, 0.05) is 11.1 Å². The van der Waals surface area contributed by atoms with Gasteiger partial charge < -0.3 is 4.11 Å². The first-order valence-corrected chi connectivity index (χ1v) is 5.71. The highest BCUT2D eigenvalue weighted by Crippen LogP contribution is 1.98. The van der Waals surface area contributed by atoms with Crippen molar-refractivity contribution >= 4 is 10.6 Å². The molecule has 0 radical (unpaired) electrons. The summed E-state index contributed by atoms with van der Waals surface area (Å²) in [5.41, 5.74) is 2.10. The highest BCUT2D eigenvalue weighted by Gasteiger charge is 1.83. The minimum atomic E-state index is -0.194. The molecule has 2 aromatic rings. The molecule has 0 saturated carbocycles. The predicted molar refractivity (Wildman–Crippen MR) is 69.9 cm³/mol. The molecule has 0 N–H and O–H groups in total. The van der Waals surface area contributed by atoms with Crippen LogP contribution in [0.15, 0.2) is 60.7 Å². The molecule has 0 bridgehead atoms. The molecule has 16 heavy (non-hydrogen) atoms. The number of benzene rings is 2. The van der Waals surface area contributed by atoms with Crippen molar-refractivity contribution in [2.75, 3.05) is 0 Å². The summed E-state index contributed by atoms with van der Waals surface area (Å²) in [5.74, 6) is 6.22. The van der Waals surface area contributed by atoms with Crippen LogP contribution >= 0.6 is 0 Å². The molecule has 0 nitrogen and oxygen atoms in total. The van der Waals surface area contributed by atoms with E-state index < -0.39 is 0 Å². The number of hydrogen-bond acceptors (Lipinski definition) is 0. The lowest BCUT2D eigenvalue weighted by Crippen LogP contribution is -1.73. The van der Waals surface area contributed by atoms with E-state index in [0.717, 1.165) is 11.1 Å². The molecule has 0 saturated heterocycles. The molecule has 0 amide bonds. The molecule has 0 spiro atoms. The summed E-state index contributed by atoms with van der Waals surface area (Å²) in [5, 5.41) is 0. The van der Waals surface area contributed by atoms with Gasteiger partial charge in [0.15, 0.2) is 0 Å². The van der Waals surface area contributed by atoms with Crippen molar-refractivity contribution in [1.82, 2.24) is 0 Å². The summed E-state index contributed by atoms with van der Waals surface area (Å²) >= 11 is 0. The third-order valence-corrected chi connectivity index (χ3v) is 1.90. The van der Waals surface area contributed by atoms with Gasteiger partial charge in [0.2, 0.25) is 10.6 Å². The molecular weight excluding hydrogens is 215 g/mol. The van der Waals surface area contributed by atoms with Crippen molar-refractivity contribution in [2.45, 2.75) is 0 Å². The standard InChI is InChI=1S/C14H10.FH3Si/c1-3-7-13(8-4-1)11-12-14-9-5-2-6-10-14;1-2/h1-10H;2H3. The minimum absolute atomic E-state index is 0.194. The molecule has 80 valence electrons. The monoisotopic (exact) mass is 228 g/mol. The molecule has 0 aliphatic carbocycles. The van der Waals surface area contributed by atoms with E-state index in [9.17, 15) is 4.11 Å².